The molecule has 4 aliphatic rings. The first-order chi connectivity index (χ1) is 12.7. The Balaban J connectivity index is 1.61. The molecule has 3 heteroatoms. The van der Waals surface area contributed by atoms with Crippen molar-refractivity contribution in [1.29, 1.82) is 0 Å². The van der Waals surface area contributed by atoms with Crippen molar-refractivity contribution in [3.8, 4) is 0 Å². The summed E-state index contributed by atoms with van der Waals surface area (Å²) in [5, 5.41) is 0. The van der Waals surface area contributed by atoms with Gasteiger partial charge in [-0.15, -0.1) is 0 Å². The molecule has 7 unspecified atom stereocenters. The van der Waals surface area contributed by atoms with Gasteiger partial charge in [-0.2, -0.15) is 0 Å². The summed E-state index contributed by atoms with van der Waals surface area (Å²) in [6, 6.07) is 0. The van der Waals surface area contributed by atoms with Gasteiger partial charge in [0.05, 0.1) is 0 Å². The van der Waals surface area contributed by atoms with E-state index in [4.69, 9.17) is 4.74 Å². The summed E-state index contributed by atoms with van der Waals surface area (Å²) in [6.45, 7) is 10.5. The van der Waals surface area contributed by atoms with E-state index in [2.05, 4.69) is 26.8 Å². The van der Waals surface area contributed by atoms with Crippen LogP contribution in [0.25, 0.3) is 0 Å². The van der Waals surface area contributed by atoms with Crippen LogP contribution in [0.5, 0.6) is 0 Å². The van der Waals surface area contributed by atoms with Crippen LogP contribution in [-0.4, -0.2) is 17.9 Å². The standard InChI is InChI=1S/C24H36O3/c1-14-12-21-19-7-6-17-13-18(27-16(3)26)8-10-23(17,4)20(19)9-11-24(21,5)22(14)15(2)25/h9,14,17-19,21-22H,6-8,10-13H2,1-5H3/t14?,17-,18?,19?,21?,22?,23?,24?/m0/s1. The third-order valence-electron chi connectivity index (χ3n) is 9.09. The predicted octanol–water partition coefficient (Wildman–Crippen LogP) is 5.33. The summed E-state index contributed by atoms with van der Waals surface area (Å²) in [4.78, 5) is 23.8. The smallest absolute Gasteiger partial charge is 0.302 e. The van der Waals surface area contributed by atoms with Crippen LogP contribution in [0.1, 0.15) is 79.6 Å². The summed E-state index contributed by atoms with van der Waals surface area (Å²) in [7, 11) is 0. The molecule has 0 amide bonds. The van der Waals surface area contributed by atoms with Crippen LogP contribution in [0.4, 0.5) is 0 Å². The quantitative estimate of drug-likeness (QED) is 0.486. The molecule has 0 bridgehead atoms. The van der Waals surface area contributed by atoms with Crippen LogP contribution in [0, 0.1) is 40.4 Å². The van der Waals surface area contributed by atoms with Crippen LogP contribution in [0.3, 0.4) is 0 Å². The number of allylic oxidation sites excluding steroid dienone is 2. The Hall–Kier alpha value is -1.12. The van der Waals surface area contributed by atoms with Gasteiger partial charge in [-0.25, -0.2) is 0 Å². The van der Waals surface area contributed by atoms with Crippen LogP contribution < -0.4 is 0 Å². The Kier molecular flexibility index (Phi) is 4.59. The number of Topliss-reactive ketones (excluding diaryl/α,β-unsaturated/α-hetero) is 1. The molecule has 0 aromatic heterocycles. The van der Waals surface area contributed by atoms with E-state index in [9.17, 15) is 9.59 Å². The molecule has 0 spiro atoms. The van der Waals surface area contributed by atoms with Gasteiger partial charge in [-0.1, -0.05) is 32.4 Å². The highest BCUT2D eigenvalue weighted by Gasteiger charge is 2.59. The highest BCUT2D eigenvalue weighted by Crippen LogP contribution is 2.66. The molecule has 0 N–H and O–H groups in total. The number of hydrogen-bond acceptors (Lipinski definition) is 3. The Morgan fingerprint density at radius 1 is 1.11 bits per heavy atom. The molecular formula is C24H36O3. The van der Waals surface area contributed by atoms with Gasteiger partial charge in [0.25, 0.3) is 0 Å². The molecule has 0 aliphatic heterocycles. The van der Waals surface area contributed by atoms with Crippen molar-refractivity contribution < 1.29 is 14.3 Å². The molecule has 27 heavy (non-hydrogen) atoms. The van der Waals surface area contributed by atoms with Crippen LogP contribution in [0.2, 0.25) is 0 Å². The summed E-state index contributed by atoms with van der Waals surface area (Å²) in [5.74, 6) is 2.93. The molecule has 3 fully saturated rings. The molecular weight excluding hydrogens is 336 g/mol. The summed E-state index contributed by atoms with van der Waals surface area (Å²) >= 11 is 0. The fourth-order valence-electron chi connectivity index (χ4n) is 8.06. The highest BCUT2D eigenvalue weighted by molar-refractivity contribution is 5.80. The van der Waals surface area contributed by atoms with Gasteiger partial charge in [0, 0.05) is 12.8 Å². The maximum Gasteiger partial charge on any atom is 0.302 e. The SMILES string of the molecule is CC(=O)OC1CCC2(C)C3=CCC4(C)C(CC(C)C4C(C)=O)C3CC[C@H]2C1. The van der Waals surface area contributed by atoms with E-state index in [0.29, 0.717) is 29.5 Å². The Bertz CT molecular complexity index is 679. The van der Waals surface area contributed by atoms with Crippen molar-refractivity contribution in [3.63, 3.8) is 0 Å². The molecule has 3 nitrogen and oxygen atoms in total. The van der Waals surface area contributed by atoms with Crippen molar-refractivity contribution >= 4 is 11.8 Å². The average Bonchev–Trinajstić information content (AvgIpc) is 2.85. The minimum atomic E-state index is -0.139. The molecule has 4 aliphatic carbocycles. The molecule has 0 radical (unpaired) electrons. The lowest BCUT2D eigenvalue weighted by Crippen LogP contribution is -2.49. The minimum absolute atomic E-state index is 0.111. The summed E-state index contributed by atoms with van der Waals surface area (Å²) in [6.07, 6.45) is 10.6. The van der Waals surface area contributed by atoms with Crippen LogP contribution in [0.15, 0.2) is 11.6 Å². The second-order valence-electron chi connectivity index (χ2n) is 10.6. The number of fused-ring (bicyclic) bond motifs is 5. The van der Waals surface area contributed by atoms with Gasteiger partial charge in [0.2, 0.25) is 0 Å². The van der Waals surface area contributed by atoms with Crippen molar-refractivity contribution in [3.05, 3.63) is 11.6 Å². The molecule has 150 valence electrons. The fraction of sp³-hybridized carbons (Fsp3) is 0.833. The van der Waals surface area contributed by atoms with Crippen molar-refractivity contribution in [2.24, 2.45) is 40.4 Å². The van der Waals surface area contributed by atoms with E-state index in [1.807, 2.05) is 6.92 Å². The number of ketones is 1. The van der Waals surface area contributed by atoms with E-state index >= 15 is 0 Å². The van der Waals surface area contributed by atoms with E-state index < -0.39 is 0 Å². The second-order valence-corrected chi connectivity index (χ2v) is 10.6. The van der Waals surface area contributed by atoms with Gasteiger partial charge in [-0.05, 0) is 86.4 Å². The van der Waals surface area contributed by atoms with Gasteiger partial charge < -0.3 is 4.74 Å². The number of ether oxygens (including phenoxy) is 1. The first-order valence-electron chi connectivity index (χ1n) is 11.0. The maximum absolute atomic E-state index is 12.4. The van der Waals surface area contributed by atoms with Crippen molar-refractivity contribution in [1.82, 2.24) is 0 Å². The lowest BCUT2D eigenvalue weighted by molar-refractivity contribution is -0.151. The molecule has 0 aromatic carbocycles. The third-order valence-corrected chi connectivity index (χ3v) is 9.09. The number of esters is 1. The monoisotopic (exact) mass is 372 g/mol. The summed E-state index contributed by atoms with van der Waals surface area (Å²) in [5.41, 5.74) is 2.11. The second kappa shape index (κ2) is 6.46. The molecule has 0 aromatic rings. The highest BCUT2D eigenvalue weighted by atomic mass is 16.5. The first kappa shape index (κ1) is 19.2. The average molecular weight is 373 g/mol. The zero-order chi connectivity index (χ0) is 19.6. The topological polar surface area (TPSA) is 43.4 Å². The zero-order valence-corrected chi connectivity index (χ0v) is 17.7. The molecule has 8 atom stereocenters. The van der Waals surface area contributed by atoms with Crippen molar-refractivity contribution in [2.75, 3.05) is 0 Å². The van der Waals surface area contributed by atoms with Gasteiger partial charge >= 0.3 is 5.97 Å². The first-order valence-corrected chi connectivity index (χ1v) is 11.0. The van der Waals surface area contributed by atoms with Crippen LogP contribution in [-0.2, 0) is 14.3 Å². The lowest BCUT2D eigenvalue weighted by Gasteiger charge is -2.56. The van der Waals surface area contributed by atoms with E-state index in [1.54, 1.807) is 5.57 Å². The number of carbonyl (C=O) groups is 2. The van der Waals surface area contributed by atoms with E-state index in [-0.39, 0.29) is 28.8 Å². The number of rotatable bonds is 2. The Morgan fingerprint density at radius 3 is 2.52 bits per heavy atom. The van der Waals surface area contributed by atoms with Gasteiger partial charge in [-0.3, -0.25) is 9.59 Å². The van der Waals surface area contributed by atoms with E-state index in [1.165, 1.54) is 26.2 Å². The fourth-order valence-corrected chi connectivity index (χ4v) is 8.06. The minimum Gasteiger partial charge on any atom is -0.463 e. The molecule has 0 heterocycles. The number of hydrogen-bond donors (Lipinski definition) is 0. The van der Waals surface area contributed by atoms with E-state index in [0.717, 1.165) is 25.7 Å². The molecule has 0 saturated heterocycles. The predicted molar refractivity (Wildman–Crippen MR) is 106 cm³/mol. The van der Waals surface area contributed by atoms with Gasteiger partial charge in [0.15, 0.2) is 0 Å². The third kappa shape index (κ3) is 2.83. The molecule has 4 rings (SSSR count). The largest absolute Gasteiger partial charge is 0.463 e. The van der Waals surface area contributed by atoms with Crippen molar-refractivity contribution in [2.45, 2.75) is 85.7 Å². The zero-order valence-electron chi connectivity index (χ0n) is 17.7. The van der Waals surface area contributed by atoms with Gasteiger partial charge in [0.1, 0.15) is 11.9 Å². The number of carbonyl (C=O) groups excluding carboxylic acids is 2. The Labute approximate surface area is 164 Å². The maximum atomic E-state index is 12.4. The van der Waals surface area contributed by atoms with Crippen LogP contribution >= 0.6 is 0 Å². The molecule has 3 saturated carbocycles. The Morgan fingerprint density at radius 2 is 1.85 bits per heavy atom. The normalized spacial score (nSPS) is 48.7. The summed E-state index contributed by atoms with van der Waals surface area (Å²) < 4.78 is 5.57. The lowest BCUT2D eigenvalue weighted by atomic mass is 9.48.